The number of aliphatic hydroxyl groups excluding tert-OH is 2. The molecule has 0 saturated carbocycles. The number of primary amides is 1. The second-order valence-corrected chi connectivity index (χ2v) is 26.5. The first-order valence-corrected chi connectivity index (χ1v) is 36.7. The molecule has 15 atom stereocenters. The number of carbonyl (C=O) groups excluding carboxylic acids is 13. The Bertz CT molecular complexity index is 3440. The summed E-state index contributed by atoms with van der Waals surface area (Å²) in [7, 11) is 0. The minimum atomic E-state index is -1.93. The number of unbranched alkanes of at least 4 members (excludes halogenated alkanes) is 1. The molecule has 13 amide bonds. The van der Waals surface area contributed by atoms with Gasteiger partial charge < -0.3 is 146 Å². The molecule has 620 valence electrons. The number of aliphatic hydroxyl groups is 2. The number of benzene rings is 2. The number of carbonyl (C=O) groups is 14. The van der Waals surface area contributed by atoms with Gasteiger partial charge in [-0.05, 0) is 140 Å². The third kappa shape index (κ3) is 36.3. The van der Waals surface area contributed by atoms with Gasteiger partial charge in [-0.15, -0.1) is 0 Å². The van der Waals surface area contributed by atoms with Crippen LogP contribution in [0.15, 0.2) is 48.5 Å². The Balaban J connectivity index is 2.40. The summed E-state index contributed by atoms with van der Waals surface area (Å²) in [5, 5.41) is 99.6. The summed E-state index contributed by atoms with van der Waals surface area (Å²) in [5.74, 6) is -17.2. The third-order valence-corrected chi connectivity index (χ3v) is 17.4. The number of carboxylic acids is 1. The van der Waals surface area contributed by atoms with Crippen molar-refractivity contribution in [3.05, 3.63) is 59.7 Å². The molecule has 2 aromatic carbocycles. The average molecular weight is 1610 g/mol. The van der Waals surface area contributed by atoms with Crippen LogP contribution >= 0.6 is 25.3 Å². The number of nitrogens with two attached hydrogens (primary N) is 8. The Morgan fingerprint density at radius 3 is 1.01 bits per heavy atom. The summed E-state index contributed by atoms with van der Waals surface area (Å²) in [4.78, 5) is 192. The highest BCUT2D eigenvalue weighted by Gasteiger charge is 2.38. The number of nitrogens with one attached hydrogen (secondary N) is 16. The largest absolute Gasteiger partial charge is 0.508 e. The van der Waals surface area contributed by atoms with Crippen LogP contribution in [-0.2, 0) is 80.0 Å². The second-order valence-electron chi connectivity index (χ2n) is 25.8. The molecule has 111 heavy (non-hydrogen) atoms. The number of aromatic hydroxyl groups is 2. The van der Waals surface area contributed by atoms with E-state index in [1.165, 1.54) is 55.5 Å². The minimum Gasteiger partial charge on any atom is -0.508 e. The second kappa shape index (κ2) is 51.1. The standard InChI is InChI=1S/C66H110N24O19S2/c1-32(91)50(72)62(106)86-44(27-34-10-14-36(93)15-11-34)58(102)89-48(31-111)61(105)85-45(29-49(71)95)59(103)81-39(8-5-25-77-65(73)74)52(96)82-43(20-24-70)57(101)90-51(33(2)92)63(107)84-42(19-23-69)56(100)79-38(7-3-4-21-67)54(98)88-47(30-110)60(104)83-41(18-22-68)55(99)80-40(9-6-26-78-66(75)76)53(97)87-46(64(108)109)28-35-12-16-37(94)17-13-35/h10-17,32-33,38-48,50-51,91-94,110-111H,3-9,18-31,67-70,72H2,1-2H3,(H2,71,95)(H,79,100)(H,80,99)(H,81,103)(H,82,96)(H,83,104)(H,84,107)(H,85,105)(H,86,106)(H,87,97)(H,88,98)(H,89,102)(H,90,101)(H,108,109)(H4,73,74,77)(H4,75,76,78)/t32-,33-,38+,39+,40+,41+,42-,43+,44+,45+,46+,47+,48+,50+,51+/m1/s1. The predicted molar refractivity (Wildman–Crippen MR) is 410 cm³/mol. The van der Waals surface area contributed by atoms with Crippen LogP contribution in [0.1, 0.15) is 95.6 Å². The molecule has 0 spiro atoms. The summed E-state index contributed by atoms with van der Waals surface area (Å²) in [6.07, 6.45) is -5.39. The molecule has 0 aliphatic rings. The predicted octanol–water partition coefficient (Wildman–Crippen LogP) is -10.7. The monoisotopic (exact) mass is 1610 g/mol. The van der Waals surface area contributed by atoms with Gasteiger partial charge in [0, 0.05) is 37.4 Å². The van der Waals surface area contributed by atoms with Crippen LogP contribution in [0.25, 0.3) is 0 Å². The van der Waals surface area contributed by atoms with Gasteiger partial charge in [0.2, 0.25) is 76.8 Å². The van der Waals surface area contributed by atoms with E-state index in [4.69, 9.17) is 56.7 Å². The zero-order valence-electron chi connectivity index (χ0n) is 61.6. The first kappa shape index (κ1) is 96.7. The van der Waals surface area contributed by atoms with Crippen molar-refractivity contribution in [3.8, 4) is 11.5 Å². The molecule has 0 unspecified atom stereocenters. The van der Waals surface area contributed by atoms with Crippen molar-refractivity contribution in [1.29, 1.82) is 10.8 Å². The van der Waals surface area contributed by atoms with E-state index >= 15 is 0 Å². The zero-order valence-corrected chi connectivity index (χ0v) is 63.4. The van der Waals surface area contributed by atoms with E-state index < -0.39 is 203 Å². The number of phenols is 2. The van der Waals surface area contributed by atoms with E-state index in [1.54, 1.807) is 0 Å². The van der Waals surface area contributed by atoms with E-state index in [1.807, 2.05) is 0 Å². The molecule has 0 heterocycles. The van der Waals surface area contributed by atoms with Gasteiger partial charge in [0.15, 0.2) is 11.9 Å². The van der Waals surface area contributed by atoms with Crippen LogP contribution in [0, 0.1) is 10.8 Å². The zero-order chi connectivity index (χ0) is 83.6. The number of amides is 13. The minimum absolute atomic E-state index is 0.0345. The highest BCUT2D eigenvalue weighted by Crippen LogP contribution is 2.16. The summed E-state index contributed by atoms with van der Waals surface area (Å²) < 4.78 is 0. The lowest BCUT2D eigenvalue weighted by molar-refractivity contribution is -0.142. The molecule has 0 radical (unpaired) electrons. The Hall–Kier alpha value is -10.4. The Kier molecular flexibility index (Phi) is 44.5. The van der Waals surface area contributed by atoms with E-state index in [-0.39, 0.29) is 121 Å². The van der Waals surface area contributed by atoms with Gasteiger partial charge in [0.1, 0.15) is 90.0 Å². The third-order valence-electron chi connectivity index (χ3n) is 16.6. The van der Waals surface area contributed by atoms with E-state index in [0.717, 1.165) is 6.92 Å². The summed E-state index contributed by atoms with van der Waals surface area (Å²) >= 11 is 8.43. The lowest BCUT2D eigenvalue weighted by Crippen LogP contribution is -2.62. The van der Waals surface area contributed by atoms with Crippen molar-refractivity contribution in [1.82, 2.24) is 74.4 Å². The summed E-state index contributed by atoms with van der Waals surface area (Å²) in [6.45, 7) is 1.64. The van der Waals surface area contributed by atoms with Crippen molar-refractivity contribution < 1.29 is 92.7 Å². The van der Waals surface area contributed by atoms with Gasteiger partial charge >= 0.3 is 5.97 Å². The lowest BCUT2D eigenvalue weighted by Gasteiger charge is -2.29. The van der Waals surface area contributed by atoms with Gasteiger partial charge in [-0.1, -0.05) is 24.3 Å². The van der Waals surface area contributed by atoms with Crippen LogP contribution < -0.4 is 120 Å². The van der Waals surface area contributed by atoms with Gasteiger partial charge in [-0.2, -0.15) is 25.3 Å². The molecule has 43 nitrogen and oxygen atoms in total. The van der Waals surface area contributed by atoms with Crippen molar-refractivity contribution in [2.24, 2.45) is 45.9 Å². The van der Waals surface area contributed by atoms with E-state index in [0.29, 0.717) is 17.5 Å². The molecule has 0 aliphatic carbocycles. The summed E-state index contributed by atoms with van der Waals surface area (Å²) in [5.41, 5.74) is 46.4. The molecular weight excluding hydrogens is 1500 g/mol. The molecule has 2 rings (SSSR count). The van der Waals surface area contributed by atoms with Crippen molar-refractivity contribution in [3.63, 3.8) is 0 Å². The number of hydrogen-bond donors (Lipinski definition) is 31. The smallest absolute Gasteiger partial charge is 0.326 e. The lowest BCUT2D eigenvalue weighted by atomic mass is 10.0. The van der Waals surface area contributed by atoms with Gasteiger partial charge in [-0.25, -0.2) is 4.79 Å². The quantitative estimate of drug-likeness (QED) is 0.0127. The molecular formula is C66H110N24O19S2. The maximum absolute atomic E-state index is 14.3. The molecule has 45 heteroatoms. The highest BCUT2D eigenvalue weighted by atomic mass is 32.1. The molecule has 2 aromatic rings. The SMILES string of the molecule is C[C@@H](O)[C@H](N)C(=O)N[C@@H](Cc1ccc(O)cc1)C(=O)N[C@@H](CS)C(=O)N[C@@H](CC(N)=O)C(=O)N[C@@H](CCCNC(=N)N)C(=O)N[C@@H](CCN)C(=O)N[C@H](C(=O)N[C@H](CCN)C(=O)N[C@@H](CCCCN)C(=O)N[C@@H](CS)C(=O)N[C@@H](CCN)C(=O)N[C@@H](CCCNC(=N)N)C(=O)N[C@@H](Cc1ccc(O)cc1)C(=O)O)[C@@H](C)O. The molecule has 0 aliphatic heterocycles. The average Bonchev–Trinajstić information content (AvgIpc) is 0.853. The fourth-order valence-electron chi connectivity index (χ4n) is 10.5. The topological polar surface area (TPSA) is 764 Å². The number of thiol groups is 2. The fraction of sp³-hybridized carbons (Fsp3) is 0.576. The van der Waals surface area contributed by atoms with E-state index in [9.17, 15) is 92.7 Å². The Morgan fingerprint density at radius 1 is 0.378 bits per heavy atom. The molecule has 0 saturated heterocycles. The fourth-order valence-corrected chi connectivity index (χ4v) is 11.0. The Morgan fingerprint density at radius 2 is 0.676 bits per heavy atom. The van der Waals surface area contributed by atoms with Crippen molar-refractivity contribution >= 4 is 120 Å². The number of hydrogen-bond acceptors (Lipinski definition) is 27. The number of guanidine groups is 2. The van der Waals surface area contributed by atoms with Crippen LogP contribution in [0.5, 0.6) is 11.5 Å². The van der Waals surface area contributed by atoms with Crippen LogP contribution in [0.4, 0.5) is 0 Å². The van der Waals surface area contributed by atoms with Crippen LogP contribution in [0.2, 0.25) is 0 Å². The summed E-state index contributed by atoms with van der Waals surface area (Å²) in [6, 6.07) is -9.76. The first-order chi connectivity index (χ1) is 52.4. The van der Waals surface area contributed by atoms with Gasteiger partial charge in [0.05, 0.1) is 18.6 Å². The maximum atomic E-state index is 14.3. The van der Waals surface area contributed by atoms with Crippen LogP contribution in [0.3, 0.4) is 0 Å². The molecule has 0 aromatic heterocycles. The first-order valence-electron chi connectivity index (χ1n) is 35.4. The van der Waals surface area contributed by atoms with E-state index in [2.05, 4.69) is 99.7 Å². The van der Waals surface area contributed by atoms with Gasteiger partial charge in [-0.3, -0.25) is 73.1 Å². The number of rotatable bonds is 53. The number of aliphatic carboxylic acids is 1. The number of carboxylic acid groups (broad SMARTS) is 1. The highest BCUT2D eigenvalue weighted by molar-refractivity contribution is 7.80. The normalized spacial score (nSPS) is 15.1. The van der Waals surface area contributed by atoms with Crippen LogP contribution in [-0.4, -0.2) is 262 Å². The number of phenolic OH excluding ortho intramolecular Hbond substituents is 2. The maximum Gasteiger partial charge on any atom is 0.326 e. The van der Waals surface area contributed by atoms with Crippen molar-refractivity contribution in [2.45, 2.75) is 188 Å². The molecule has 0 fully saturated rings. The van der Waals surface area contributed by atoms with Gasteiger partial charge in [0.25, 0.3) is 0 Å². The van der Waals surface area contributed by atoms with Crippen molar-refractivity contribution in [2.75, 3.05) is 50.8 Å². The molecule has 0 bridgehead atoms. The Labute approximate surface area is 651 Å². The molecule has 37 N–H and O–H groups in total.